The Balaban J connectivity index is 1.80. The molecule has 4 nitrogen and oxygen atoms in total. The number of likely N-dealkylation sites (tertiary alicyclic amines) is 1. The second-order valence-electron chi connectivity index (χ2n) is 5.58. The second-order valence-corrected chi connectivity index (χ2v) is 5.58. The van der Waals surface area contributed by atoms with Gasteiger partial charge in [0.05, 0.1) is 18.8 Å². The average Bonchev–Trinajstić information content (AvgIpc) is 2.49. The lowest BCUT2D eigenvalue weighted by molar-refractivity contribution is -0.0954. The minimum atomic E-state index is -0.446. The minimum Gasteiger partial charge on any atom is -0.450 e. The number of nitrogens with zero attached hydrogens (tertiary/aromatic N) is 1. The maximum absolute atomic E-state index is 13.6. The molecule has 0 atom stereocenters. The molecule has 1 aromatic carbocycles. The zero-order chi connectivity index (χ0) is 14.9. The van der Waals surface area contributed by atoms with Crippen LogP contribution in [-0.4, -0.2) is 37.3 Å². The summed E-state index contributed by atoms with van der Waals surface area (Å²) < 4.78 is 24.7. The molecule has 2 aliphatic rings. The standard InChI is InChI=1S/C16H20FNO3/c1-2-20-15(19)18-8-6-16(7-9-18)14-11-13(17)4-3-12(14)5-10-21-16/h3-4,11H,2,5-10H2,1H3. The third-order valence-corrected chi connectivity index (χ3v) is 4.41. The van der Waals surface area contributed by atoms with Gasteiger partial charge >= 0.3 is 6.09 Å². The van der Waals surface area contributed by atoms with Gasteiger partial charge in [0.1, 0.15) is 5.82 Å². The molecule has 0 aromatic heterocycles. The van der Waals surface area contributed by atoms with Crippen LogP contribution in [0, 0.1) is 5.82 Å². The number of carbonyl (C=O) groups excluding carboxylic acids is 1. The van der Waals surface area contributed by atoms with Crippen molar-refractivity contribution in [2.24, 2.45) is 0 Å². The molecule has 0 unspecified atom stereocenters. The van der Waals surface area contributed by atoms with Gasteiger partial charge in [-0.05, 0) is 49.4 Å². The van der Waals surface area contributed by atoms with Gasteiger partial charge in [-0.3, -0.25) is 0 Å². The molecule has 0 bridgehead atoms. The molecule has 3 rings (SSSR count). The fraction of sp³-hybridized carbons (Fsp3) is 0.562. The van der Waals surface area contributed by atoms with Gasteiger partial charge in [-0.15, -0.1) is 0 Å². The third kappa shape index (κ3) is 2.62. The minimum absolute atomic E-state index is 0.230. The number of carbonyl (C=O) groups is 1. The van der Waals surface area contributed by atoms with Gasteiger partial charge in [0.2, 0.25) is 0 Å². The molecule has 2 heterocycles. The lowest BCUT2D eigenvalue weighted by Gasteiger charge is -2.44. The number of halogens is 1. The first kappa shape index (κ1) is 14.3. The first-order valence-electron chi connectivity index (χ1n) is 7.49. The van der Waals surface area contributed by atoms with E-state index in [0.29, 0.717) is 39.1 Å². The summed E-state index contributed by atoms with van der Waals surface area (Å²) >= 11 is 0. The normalized spacial score (nSPS) is 20.2. The Labute approximate surface area is 123 Å². The van der Waals surface area contributed by atoms with Crippen LogP contribution in [0.3, 0.4) is 0 Å². The summed E-state index contributed by atoms with van der Waals surface area (Å²) in [6, 6.07) is 4.95. The number of rotatable bonds is 1. The van der Waals surface area contributed by atoms with E-state index in [1.165, 1.54) is 6.07 Å². The van der Waals surface area contributed by atoms with Crippen LogP contribution in [0.4, 0.5) is 9.18 Å². The topological polar surface area (TPSA) is 38.8 Å². The zero-order valence-electron chi connectivity index (χ0n) is 12.2. The van der Waals surface area contributed by atoms with Crippen molar-refractivity contribution >= 4 is 6.09 Å². The van der Waals surface area contributed by atoms with E-state index in [-0.39, 0.29) is 11.9 Å². The molecular weight excluding hydrogens is 273 g/mol. The van der Waals surface area contributed by atoms with Gasteiger partial charge in [-0.1, -0.05) is 6.07 Å². The van der Waals surface area contributed by atoms with Gasteiger partial charge in [-0.25, -0.2) is 9.18 Å². The van der Waals surface area contributed by atoms with Crippen molar-refractivity contribution in [1.29, 1.82) is 0 Å². The van der Waals surface area contributed by atoms with Crippen LogP contribution in [0.25, 0.3) is 0 Å². The molecule has 2 aliphatic heterocycles. The highest BCUT2D eigenvalue weighted by Gasteiger charge is 2.42. The van der Waals surface area contributed by atoms with E-state index < -0.39 is 5.60 Å². The lowest BCUT2D eigenvalue weighted by atomic mass is 9.79. The molecule has 0 radical (unpaired) electrons. The number of amides is 1. The summed E-state index contributed by atoms with van der Waals surface area (Å²) in [6.45, 7) is 3.99. The SMILES string of the molecule is CCOC(=O)N1CCC2(CC1)OCCc1ccc(F)cc12. The van der Waals surface area contributed by atoms with Crippen molar-refractivity contribution in [3.63, 3.8) is 0 Å². The van der Waals surface area contributed by atoms with Crippen molar-refractivity contribution in [3.05, 3.63) is 35.1 Å². The summed E-state index contributed by atoms with van der Waals surface area (Å²) in [4.78, 5) is 13.5. The smallest absolute Gasteiger partial charge is 0.409 e. The summed E-state index contributed by atoms with van der Waals surface area (Å²) in [7, 11) is 0. The number of hydrogen-bond acceptors (Lipinski definition) is 3. The lowest BCUT2D eigenvalue weighted by Crippen LogP contribution is -2.48. The monoisotopic (exact) mass is 293 g/mol. The molecule has 1 amide bonds. The Hall–Kier alpha value is -1.62. The highest BCUT2D eigenvalue weighted by Crippen LogP contribution is 2.41. The Bertz CT molecular complexity index is 538. The van der Waals surface area contributed by atoms with Crippen LogP contribution in [0.5, 0.6) is 0 Å². The number of fused-ring (bicyclic) bond motifs is 2. The van der Waals surface area contributed by atoms with Gasteiger partial charge in [0.15, 0.2) is 0 Å². The van der Waals surface area contributed by atoms with Crippen LogP contribution in [0.15, 0.2) is 18.2 Å². The first-order valence-corrected chi connectivity index (χ1v) is 7.49. The molecule has 1 spiro atoms. The molecule has 0 aliphatic carbocycles. The molecule has 1 saturated heterocycles. The largest absolute Gasteiger partial charge is 0.450 e. The van der Waals surface area contributed by atoms with Gasteiger partial charge in [-0.2, -0.15) is 0 Å². The highest BCUT2D eigenvalue weighted by molar-refractivity contribution is 5.67. The molecule has 0 N–H and O–H groups in total. The Kier molecular flexibility index (Phi) is 3.85. The van der Waals surface area contributed by atoms with Crippen molar-refractivity contribution in [3.8, 4) is 0 Å². The fourth-order valence-electron chi connectivity index (χ4n) is 3.30. The summed E-state index contributed by atoms with van der Waals surface area (Å²) in [6.07, 6.45) is 1.91. The van der Waals surface area contributed by atoms with Gasteiger partial charge in [0, 0.05) is 13.1 Å². The quantitative estimate of drug-likeness (QED) is 0.799. The summed E-state index contributed by atoms with van der Waals surface area (Å²) in [5.41, 5.74) is 1.67. The van der Waals surface area contributed by atoms with E-state index in [1.54, 1.807) is 17.9 Å². The fourth-order valence-corrected chi connectivity index (χ4v) is 3.30. The van der Waals surface area contributed by atoms with Crippen molar-refractivity contribution in [2.75, 3.05) is 26.3 Å². The van der Waals surface area contributed by atoms with Crippen molar-refractivity contribution < 1.29 is 18.7 Å². The molecule has 21 heavy (non-hydrogen) atoms. The van der Waals surface area contributed by atoms with Crippen LogP contribution in [0.1, 0.15) is 30.9 Å². The summed E-state index contributed by atoms with van der Waals surface area (Å²) in [5.74, 6) is -0.230. The van der Waals surface area contributed by atoms with E-state index in [1.807, 2.05) is 6.07 Å². The molecule has 5 heteroatoms. The molecule has 1 fully saturated rings. The predicted octanol–water partition coefficient (Wildman–Crippen LogP) is 2.85. The van der Waals surface area contributed by atoms with E-state index in [2.05, 4.69) is 0 Å². The highest BCUT2D eigenvalue weighted by atomic mass is 19.1. The molecular formula is C16H20FNO3. The third-order valence-electron chi connectivity index (χ3n) is 4.41. The zero-order valence-corrected chi connectivity index (χ0v) is 12.2. The van der Waals surface area contributed by atoms with Crippen LogP contribution in [-0.2, 0) is 21.5 Å². The van der Waals surface area contributed by atoms with E-state index in [0.717, 1.165) is 17.5 Å². The van der Waals surface area contributed by atoms with Crippen molar-refractivity contribution in [2.45, 2.75) is 31.8 Å². The maximum atomic E-state index is 13.6. The number of hydrogen-bond donors (Lipinski definition) is 0. The average molecular weight is 293 g/mol. The second kappa shape index (κ2) is 5.64. The van der Waals surface area contributed by atoms with Crippen LogP contribution in [0.2, 0.25) is 0 Å². The summed E-state index contributed by atoms with van der Waals surface area (Å²) in [5, 5.41) is 0. The molecule has 114 valence electrons. The predicted molar refractivity (Wildman–Crippen MR) is 75.6 cm³/mol. The van der Waals surface area contributed by atoms with Crippen LogP contribution >= 0.6 is 0 Å². The molecule has 1 aromatic rings. The van der Waals surface area contributed by atoms with Crippen LogP contribution < -0.4 is 0 Å². The number of benzene rings is 1. The Morgan fingerprint density at radius 2 is 2.19 bits per heavy atom. The van der Waals surface area contributed by atoms with E-state index in [4.69, 9.17) is 9.47 Å². The van der Waals surface area contributed by atoms with E-state index >= 15 is 0 Å². The van der Waals surface area contributed by atoms with Gasteiger partial charge in [0.25, 0.3) is 0 Å². The maximum Gasteiger partial charge on any atom is 0.409 e. The van der Waals surface area contributed by atoms with Crippen molar-refractivity contribution in [1.82, 2.24) is 4.90 Å². The van der Waals surface area contributed by atoms with E-state index in [9.17, 15) is 9.18 Å². The van der Waals surface area contributed by atoms with Gasteiger partial charge < -0.3 is 14.4 Å². The first-order chi connectivity index (χ1) is 10.1. The Morgan fingerprint density at radius 3 is 2.90 bits per heavy atom. The number of piperidine rings is 1. The molecule has 0 saturated carbocycles. The number of ether oxygens (including phenoxy) is 2. The Morgan fingerprint density at radius 1 is 1.43 bits per heavy atom.